The normalized spacial score (nSPS) is 14.6. The van der Waals surface area contributed by atoms with Gasteiger partial charge in [0.25, 0.3) is 0 Å². The van der Waals surface area contributed by atoms with Gasteiger partial charge < -0.3 is 15.0 Å². The second kappa shape index (κ2) is 8.28. The Kier molecular flexibility index (Phi) is 7.03. The highest BCUT2D eigenvalue weighted by molar-refractivity contribution is 5.30. The summed E-state index contributed by atoms with van der Waals surface area (Å²) in [5.41, 5.74) is 1.29. The number of methoxy groups -OCH3 is 1. The fourth-order valence-corrected chi connectivity index (χ4v) is 2.56. The SMILES string of the molecule is CCC(NCC(c1cccc(OC)c1)N(C)C)C(C)C. The molecule has 0 amide bonds. The molecule has 2 atom stereocenters. The molecule has 0 aliphatic carbocycles. The van der Waals surface area contributed by atoms with E-state index in [9.17, 15) is 0 Å². The third-order valence-electron chi connectivity index (χ3n) is 3.92. The Balaban J connectivity index is 2.78. The molecule has 0 aliphatic rings. The van der Waals surface area contributed by atoms with Crippen molar-refractivity contribution < 1.29 is 4.74 Å². The van der Waals surface area contributed by atoms with Gasteiger partial charge in [0.15, 0.2) is 0 Å². The molecular formula is C17H30N2O. The van der Waals surface area contributed by atoms with Crippen LogP contribution in [-0.2, 0) is 0 Å². The van der Waals surface area contributed by atoms with Crippen molar-refractivity contribution >= 4 is 0 Å². The van der Waals surface area contributed by atoms with Crippen LogP contribution in [0, 0.1) is 5.92 Å². The van der Waals surface area contributed by atoms with Crippen LogP contribution in [0.4, 0.5) is 0 Å². The molecule has 0 aromatic heterocycles. The zero-order chi connectivity index (χ0) is 15.1. The fraction of sp³-hybridized carbons (Fsp3) is 0.647. The van der Waals surface area contributed by atoms with Crippen molar-refractivity contribution in [1.82, 2.24) is 10.2 Å². The summed E-state index contributed by atoms with van der Waals surface area (Å²) in [7, 11) is 5.97. The van der Waals surface area contributed by atoms with Crippen LogP contribution < -0.4 is 10.1 Å². The number of hydrogen-bond donors (Lipinski definition) is 1. The summed E-state index contributed by atoms with van der Waals surface area (Å²) in [4.78, 5) is 2.26. The third-order valence-corrected chi connectivity index (χ3v) is 3.92. The molecule has 3 heteroatoms. The molecule has 1 aromatic carbocycles. The van der Waals surface area contributed by atoms with E-state index in [-0.39, 0.29) is 0 Å². The second-order valence-electron chi connectivity index (χ2n) is 5.92. The number of benzene rings is 1. The zero-order valence-corrected chi connectivity index (χ0v) is 13.8. The molecule has 0 saturated heterocycles. The van der Waals surface area contributed by atoms with Crippen LogP contribution >= 0.6 is 0 Å². The minimum absolute atomic E-state index is 0.359. The van der Waals surface area contributed by atoms with Gasteiger partial charge in [-0.05, 0) is 44.1 Å². The monoisotopic (exact) mass is 278 g/mol. The molecular weight excluding hydrogens is 248 g/mol. The molecule has 0 bridgehead atoms. The van der Waals surface area contributed by atoms with Gasteiger partial charge in [0.2, 0.25) is 0 Å². The largest absolute Gasteiger partial charge is 0.497 e. The summed E-state index contributed by atoms with van der Waals surface area (Å²) in [6.07, 6.45) is 1.16. The number of hydrogen-bond acceptors (Lipinski definition) is 3. The molecule has 3 nitrogen and oxygen atoms in total. The maximum Gasteiger partial charge on any atom is 0.119 e. The van der Waals surface area contributed by atoms with E-state index in [0.717, 1.165) is 18.7 Å². The second-order valence-corrected chi connectivity index (χ2v) is 5.92. The minimum atomic E-state index is 0.359. The lowest BCUT2D eigenvalue weighted by molar-refractivity contribution is 0.264. The van der Waals surface area contributed by atoms with Crippen LogP contribution in [0.1, 0.15) is 38.8 Å². The average Bonchev–Trinajstić information content (AvgIpc) is 2.42. The van der Waals surface area contributed by atoms with E-state index in [1.165, 1.54) is 5.56 Å². The van der Waals surface area contributed by atoms with Gasteiger partial charge >= 0.3 is 0 Å². The van der Waals surface area contributed by atoms with Gasteiger partial charge in [-0.3, -0.25) is 0 Å². The topological polar surface area (TPSA) is 24.5 Å². The van der Waals surface area contributed by atoms with E-state index in [2.05, 4.69) is 63.3 Å². The Morgan fingerprint density at radius 1 is 1.25 bits per heavy atom. The summed E-state index contributed by atoms with van der Waals surface area (Å²) in [6.45, 7) is 7.75. The highest BCUT2D eigenvalue weighted by Crippen LogP contribution is 2.22. The Hall–Kier alpha value is -1.06. The van der Waals surface area contributed by atoms with Crippen LogP contribution in [-0.4, -0.2) is 38.7 Å². The molecule has 1 aromatic rings. The lowest BCUT2D eigenvalue weighted by Crippen LogP contribution is -2.39. The quantitative estimate of drug-likeness (QED) is 0.789. The van der Waals surface area contributed by atoms with E-state index in [4.69, 9.17) is 4.74 Å². The number of likely N-dealkylation sites (N-methyl/N-ethyl adjacent to an activating group) is 1. The number of rotatable bonds is 8. The minimum Gasteiger partial charge on any atom is -0.497 e. The Labute approximate surface area is 124 Å². The van der Waals surface area contributed by atoms with Crippen molar-refractivity contribution in [2.24, 2.45) is 5.92 Å². The van der Waals surface area contributed by atoms with Gasteiger partial charge in [-0.1, -0.05) is 32.9 Å². The fourth-order valence-electron chi connectivity index (χ4n) is 2.56. The predicted molar refractivity (Wildman–Crippen MR) is 86.3 cm³/mol. The molecule has 114 valence electrons. The van der Waals surface area contributed by atoms with Gasteiger partial charge in [0.05, 0.1) is 7.11 Å². The van der Waals surface area contributed by atoms with Crippen LogP contribution in [0.2, 0.25) is 0 Å². The standard InChI is InChI=1S/C17H30N2O/c1-7-16(13(2)3)18-12-17(19(4)5)14-9-8-10-15(11-14)20-6/h8-11,13,16-18H,7,12H2,1-6H3. The number of nitrogens with zero attached hydrogens (tertiary/aromatic N) is 1. The highest BCUT2D eigenvalue weighted by Gasteiger charge is 2.17. The van der Waals surface area contributed by atoms with Gasteiger partial charge in [-0.25, -0.2) is 0 Å². The summed E-state index contributed by atoms with van der Waals surface area (Å²) in [6, 6.07) is 9.28. The Morgan fingerprint density at radius 3 is 2.45 bits per heavy atom. The third kappa shape index (κ3) is 4.80. The summed E-state index contributed by atoms with van der Waals surface area (Å²) in [5.74, 6) is 1.58. The molecule has 0 spiro atoms. The van der Waals surface area contributed by atoms with Crippen LogP contribution in [0.5, 0.6) is 5.75 Å². The Morgan fingerprint density at radius 2 is 1.95 bits per heavy atom. The van der Waals surface area contributed by atoms with E-state index in [1.54, 1.807) is 7.11 Å². The lowest BCUT2D eigenvalue weighted by Gasteiger charge is -2.29. The van der Waals surface area contributed by atoms with Crippen molar-refractivity contribution in [3.05, 3.63) is 29.8 Å². The smallest absolute Gasteiger partial charge is 0.119 e. The van der Waals surface area contributed by atoms with Gasteiger partial charge in [-0.2, -0.15) is 0 Å². The summed E-state index contributed by atoms with van der Waals surface area (Å²) in [5, 5.41) is 3.70. The van der Waals surface area contributed by atoms with Crippen LogP contribution in [0.3, 0.4) is 0 Å². The lowest BCUT2D eigenvalue weighted by atomic mass is 10.00. The first kappa shape index (κ1) is 17.0. The Bertz CT molecular complexity index is 390. The maximum absolute atomic E-state index is 5.33. The summed E-state index contributed by atoms with van der Waals surface area (Å²) < 4.78 is 5.33. The first-order chi connectivity index (χ1) is 9.49. The molecule has 20 heavy (non-hydrogen) atoms. The average molecular weight is 278 g/mol. The van der Waals surface area contributed by atoms with Crippen molar-refractivity contribution in [3.8, 4) is 5.75 Å². The zero-order valence-electron chi connectivity index (χ0n) is 13.8. The highest BCUT2D eigenvalue weighted by atomic mass is 16.5. The molecule has 0 radical (unpaired) electrons. The van der Waals surface area contributed by atoms with Crippen molar-refractivity contribution in [2.45, 2.75) is 39.3 Å². The number of ether oxygens (including phenoxy) is 1. The van der Waals surface area contributed by atoms with Gasteiger partial charge in [0.1, 0.15) is 5.75 Å². The van der Waals surface area contributed by atoms with E-state index < -0.39 is 0 Å². The van der Waals surface area contributed by atoms with Gasteiger partial charge in [0, 0.05) is 18.6 Å². The molecule has 0 saturated carbocycles. The van der Waals surface area contributed by atoms with Crippen molar-refractivity contribution in [1.29, 1.82) is 0 Å². The maximum atomic E-state index is 5.33. The molecule has 0 heterocycles. The van der Waals surface area contributed by atoms with E-state index >= 15 is 0 Å². The van der Waals surface area contributed by atoms with Crippen molar-refractivity contribution in [2.75, 3.05) is 27.7 Å². The van der Waals surface area contributed by atoms with Crippen LogP contribution in [0.15, 0.2) is 24.3 Å². The van der Waals surface area contributed by atoms with Crippen molar-refractivity contribution in [3.63, 3.8) is 0 Å². The van der Waals surface area contributed by atoms with E-state index in [1.807, 2.05) is 6.07 Å². The number of nitrogens with one attached hydrogen (secondary N) is 1. The van der Waals surface area contributed by atoms with Gasteiger partial charge in [-0.15, -0.1) is 0 Å². The first-order valence-corrected chi connectivity index (χ1v) is 7.53. The molecule has 1 rings (SSSR count). The van der Waals surface area contributed by atoms with E-state index in [0.29, 0.717) is 18.0 Å². The predicted octanol–water partition coefficient (Wildman–Crippen LogP) is 3.32. The van der Waals surface area contributed by atoms with Crippen LogP contribution in [0.25, 0.3) is 0 Å². The molecule has 2 unspecified atom stereocenters. The molecule has 0 fully saturated rings. The summed E-state index contributed by atoms with van der Waals surface area (Å²) >= 11 is 0. The molecule has 1 N–H and O–H groups in total. The molecule has 0 aliphatic heterocycles. The first-order valence-electron chi connectivity index (χ1n) is 7.53.